The molecule has 0 aromatic carbocycles. The molecule has 0 heterocycles. The van der Waals surface area contributed by atoms with Crippen molar-refractivity contribution in [2.75, 3.05) is 47.5 Å². The summed E-state index contributed by atoms with van der Waals surface area (Å²) in [5.74, 6) is -0.410. The predicted molar refractivity (Wildman–Crippen MR) is 139 cm³/mol. The van der Waals surface area contributed by atoms with Gasteiger partial charge in [0.15, 0.2) is 0 Å². The number of nitrogens with zero attached hydrogens (tertiary/aromatic N) is 1. The SMILES string of the molecule is CCCCCCCCCCC/C=C\CCCCC(=O)OC[C@@H](O)COP(=O)([O-])OCC[N+](C)(C)C. The Morgan fingerprint density at radius 2 is 1.43 bits per heavy atom. The van der Waals surface area contributed by atoms with E-state index in [9.17, 15) is 19.4 Å². The second-order valence-electron chi connectivity index (χ2n) is 10.3. The third-order valence-corrected chi connectivity index (χ3v) is 6.48. The first-order chi connectivity index (χ1) is 16.6. The topological polar surface area (TPSA) is 105 Å². The van der Waals surface area contributed by atoms with Crippen molar-refractivity contribution in [3.63, 3.8) is 0 Å². The number of aliphatic hydroxyl groups excluding tert-OH is 1. The highest BCUT2D eigenvalue weighted by molar-refractivity contribution is 7.45. The maximum absolute atomic E-state index is 11.8. The van der Waals surface area contributed by atoms with Crippen LogP contribution >= 0.6 is 7.82 Å². The van der Waals surface area contributed by atoms with Gasteiger partial charge in [-0.2, -0.15) is 0 Å². The van der Waals surface area contributed by atoms with Crippen LogP contribution in [-0.2, 0) is 23.1 Å². The maximum atomic E-state index is 11.8. The van der Waals surface area contributed by atoms with E-state index in [0.717, 1.165) is 19.3 Å². The number of aliphatic hydroxyl groups is 1. The van der Waals surface area contributed by atoms with Crippen LogP contribution in [0.5, 0.6) is 0 Å². The molecule has 0 aromatic heterocycles. The Kier molecular flexibility index (Phi) is 20.9. The highest BCUT2D eigenvalue weighted by Crippen LogP contribution is 2.38. The Morgan fingerprint density at radius 1 is 0.886 bits per heavy atom. The molecule has 0 spiro atoms. The molecule has 8 nitrogen and oxygen atoms in total. The van der Waals surface area contributed by atoms with Crippen molar-refractivity contribution >= 4 is 13.8 Å². The van der Waals surface area contributed by atoms with E-state index in [1.807, 2.05) is 21.1 Å². The lowest BCUT2D eigenvalue weighted by Crippen LogP contribution is -2.37. The Labute approximate surface area is 214 Å². The van der Waals surface area contributed by atoms with Gasteiger partial charge in [-0.3, -0.25) is 9.36 Å². The molecule has 0 radical (unpaired) electrons. The van der Waals surface area contributed by atoms with Crippen LogP contribution in [0.4, 0.5) is 0 Å². The van der Waals surface area contributed by atoms with Gasteiger partial charge in [-0.05, 0) is 32.1 Å². The quantitative estimate of drug-likeness (QED) is 0.0617. The number of esters is 1. The van der Waals surface area contributed by atoms with E-state index in [2.05, 4.69) is 23.6 Å². The van der Waals surface area contributed by atoms with Crippen molar-refractivity contribution in [2.45, 2.75) is 103 Å². The summed E-state index contributed by atoms with van der Waals surface area (Å²) in [6.07, 6.45) is 19.2. The maximum Gasteiger partial charge on any atom is 0.305 e. The molecule has 0 rings (SSSR count). The van der Waals surface area contributed by atoms with Crippen molar-refractivity contribution in [1.82, 2.24) is 0 Å². The Bertz CT molecular complexity index is 593. The van der Waals surface area contributed by atoms with Crippen LogP contribution in [0, 0.1) is 0 Å². The van der Waals surface area contributed by atoms with Crippen molar-refractivity contribution in [1.29, 1.82) is 0 Å². The Hall–Kier alpha value is -0.760. The molecule has 0 aliphatic heterocycles. The average Bonchev–Trinajstić information content (AvgIpc) is 2.78. The van der Waals surface area contributed by atoms with Gasteiger partial charge < -0.3 is 28.3 Å². The Morgan fingerprint density at radius 3 is 2.00 bits per heavy atom. The third kappa shape index (κ3) is 26.1. The van der Waals surface area contributed by atoms with E-state index in [1.165, 1.54) is 57.8 Å². The summed E-state index contributed by atoms with van der Waals surface area (Å²) in [7, 11) is 1.24. The van der Waals surface area contributed by atoms with Crippen LogP contribution in [0.15, 0.2) is 12.2 Å². The zero-order valence-corrected chi connectivity index (χ0v) is 23.6. The number of carbonyl (C=O) groups is 1. The number of phosphoric acid groups is 1. The molecule has 0 aromatic rings. The van der Waals surface area contributed by atoms with E-state index in [4.69, 9.17) is 9.26 Å². The number of hydrogen-bond acceptors (Lipinski definition) is 7. The minimum atomic E-state index is -4.49. The van der Waals surface area contributed by atoms with Crippen LogP contribution in [0.3, 0.4) is 0 Å². The van der Waals surface area contributed by atoms with Crippen molar-refractivity contribution in [2.24, 2.45) is 0 Å². The summed E-state index contributed by atoms with van der Waals surface area (Å²) in [5.41, 5.74) is 0. The van der Waals surface area contributed by atoms with Gasteiger partial charge in [-0.25, -0.2) is 0 Å². The second kappa shape index (κ2) is 21.3. The van der Waals surface area contributed by atoms with E-state index < -0.39 is 26.5 Å². The summed E-state index contributed by atoms with van der Waals surface area (Å²) < 4.78 is 26.6. The summed E-state index contributed by atoms with van der Waals surface area (Å²) in [5, 5.41) is 9.79. The summed E-state index contributed by atoms with van der Waals surface area (Å²) in [4.78, 5) is 23.5. The van der Waals surface area contributed by atoms with Crippen LogP contribution in [-0.4, -0.2) is 69.2 Å². The molecule has 0 bridgehead atoms. The van der Waals surface area contributed by atoms with Gasteiger partial charge >= 0.3 is 5.97 Å². The third-order valence-electron chi connectivity index (χ3n) is 5.52. The summed E-state index contributed by atoms with van der Waals surface area (Å²) in [6.45, 7) is 1.91. The van der Waals surface area contributed by atoms with Gasteiger partial charge in [-0.1, -0.05) is 70.4 Å². The number of unbranched alkanes of at least 4 members (excludes halogenated alkanes) is 11. The molecule has 0 fully saturated rings. The molecule has 0 saturated carbocycles. The summed E-state index contributed by atoms with van der Waals surface area (Å²) >= 11 is 0. The number of likely N-dealkylation sites (N-methyl/N-ethyl adjacent to an activating group) is 1. The zero-order chi connectivity index (χ0) is 26.4. The molecule has 0 amide bonds. The van der Waals surface area contributed by atoms with Crippen LogP contribution < -0.4 is 4.89 Å². The monoisotopic (exact) mass is 521 g/mol. The number of ether oxygens (including phenoxy) is 1. The minimum absolute atomic E-state index is 0.0101. The molecule has 9 heteroatoms. The number of quaternary nitrogens is 1. The van der Waals surface area contributed by atoms with Gasteiger partial charge in [0.2, 0.25) is 0 Å². The fourth-order valence-electron chi connectivity index (χ4n) is 3.29. The number of allylic oxidation sites excluding steroid dienone is 2. The molecule has 208 valence electrons. The van der Waals surface area contributed by atoms with Gasteiger partial charge in [0, 0.05) is 6.42 Å². The molecule has 0 aliphatic carbocycles. The van der Waals surface area contributed by atoms with E-state index in [1.54, 1.807) is 0 Å². The van der Waals surface area contributed by atoms with Crippen molar-refractivity contribution in [3.8, 4) is 0 Å². The van der Waals surface area contributed by atoms with Gasteiger partial charge in [0.05, 0.1) is 27.7 Å². The van der Waals surface area contributed by atoms with Crippen molar-refractivity contribution in [3.05, 3.63) is 12.2 Å². The van der Waals surface area contributed by atoms with E-state index >= 15 is 0 Å². The first kappa shape index (κ1) is 34.2. The van der Waals surface area contributed by atoms with Crippen LogP contribution in [0.2, 0.25) is 0 Å². The number of carbonyl (C=O) groups excluding carboxylic acids is 1. The predicted octanol–water partition coefficient (Wildman–Crippen LogP) is 5.14. The highest BCUT2D eigenvalue weighted by Gasteiger charge is 2.16. The molecule has 0 saturated heterocycles. The first-order valence-corrected chi connectivity index (χ1v) is 14.9. The minimum Gasteiger partial charge on any atom is -0.756 e. The molecule has 1 N–H and O–H groups in total. The number of rotatable bonds is 24. The van der Waals surface area contributed by atoms with Crippen LogP contribution in [0.25, 0.3) is 0 Å². The summed E-state index contributed by atoms with van der Waals surface area (Å²) in [6, 6.07) is 0. The second-order valence-corrected chi connectivity index (χ2v) is 11.7. The highest BCUT2D eigenvalue weighted by atomic mass is 31.2. The molecular formula is C26H52NO7P. The van der Waals surface area contributed by atoms with E-state index in [-0.39, 0.29) is 19.6 Å². The average molecular weight is 522 g/mol. The lowest BCUT2D eigenvalue weighted by molar-refractivity contribution is -0.870. The smallest absolute Gasteiger partial charge is 0.305 e. The number of phosphoric ester groups is 1. The largest absolute Gasteiger partial charge is 0.756 e. The normalized spacial score (nSPS) is 14.8. The standard InChI is InChI=1S/C26H52NO7P/c1-5-6-7-8-9-10-11-12-13-14-15-16-17-18-19-20-26(29)32-23-25(28)24-34-35(30,31)33-22-21-27(2,3)4/h15-16,25,28H,5-14,17-24H2,1-4H3/b16-15-/t25-/m1/s1. The number of hydrogen-bond donors (Lipinski definition) is 1. The lowest BCUT2D eigenvalue weighted by Gasteiger charge is -2.27. The molecule has 2 atom stereocenters. The Balaban J connectivity index is 3.61. The molecular weight excluding hydrogens is 469 g/mol. The van der Waals surface area contributed by atoms with Gasteiger partial charge in [0.25, 0.3) is 7.82 Å². The lowest BCUT2D eigenvalue weighted by atomic mass is 10.1. The fraction of sp³-hybridized carbons (Fsp3) is 0.885. The van der Waals surface area contributed by atoms with Crippen molar-refractivity contribution < 1.29 is 37.6 Å². The first-order valence-electron chi connectivity index (χ1n) is 13.4. The van der Waals surface area contributed by atoms with Gasteiger partial charge in [-0.15, -0.1) is 0 Å². The molecule has 1 unspecified atom stereocenters. The van der Waals surface area contributed by atoms with Crippen LogP contribution in [0.1, 0.15) is 96.8 Å². The molecule has 0 aliphatic rings. The fourth-order valence-corrected chi connectivity index (χ4v) is 4.03. The van der Waals surface area contributed by atoms with E-state index in [0.29, 0.717) is 17.4 Å². The zero-order valence-electron chi connectivity index (χ0n) is 22.8. The van der Waals surface area contributed by atoms with Gasteiger partial charge in [0.1, 0.15) is 25.9 Å². The molecule has 35 heavy (non-hydrogen) atoms.